The maximum Gasteiger partial charge on any atom is 0.317 e. The zero-order valence-electron chi connectivity index (χ0n) is 7.08. The van der Waals surface area contributed by atoms with Gasteiger partial charge in [0.05, 0.1) is 22.3 Å². The second kappa shape index (κ2) is 3.48. The van der Waals surface area contributed by atoms with E-state index in [1.54, 1.807) is 0 Å². The van der Waals surface area contributed by atoms with Crippen molar-refractivity contribution in [2.45, 2.75) is 11.5 Å². The van der Waals surface area contributed by atoms with Crippen molar-refractivity contribution >= 4 is 11.6 Å². The molecule has 0 heterocycles. The van der Waals surface area contributed by atoms with E-state index in [4.69, 9.17) is 16.7 Å². The molecule has 0 bridgehead atoms. The van der Waals surface area contributed by atoms with Crippen LogP contribution in [0.2, 0.25) is 0 Å². The topological polar surface area (TPSA) is 127 Å². The molecule has 2 N–H and O–H groups in total. The van der Waals surface area contributed by atoms with E-state index in [2.05, 4.69) is 0 Å². The van der Waals surface area contributed by atoms with Crippen molar-refractivity contribution in [2.24, 2.45) is 0 Å². The smallest absolute Gasteiger partial charge is 0.317 e. The molecule has 0 fully saturated rings. The van der Waals surface area contributed by atoms with E-state index in [-0.39, 0.29) is 0 Å². The van der Waals surface area contributed by atoms with Gasteiger partial charge in [-0.3, -0.25) is 20.2 Å². The molecule has 0 aromatic rings. The van der Waals surface area contributed by atoms with Gasteiger partial charge in [0.1, 0.15) is 0 Å². The Morgan fingerprint density at radius 1 is 1.40 bits per heavy atom. The SMILES string of the molecule is O=[N+]([O-])C1=CC([N+](=O)[O-])=C(O)C(O)(Cl)C1. The van der Waals surface area contributed by atoms with E-state index in [0.29, 0.717) is 6.08 Å². The second-order valence-corrected chi connectivity index (χ2v) is 3.45. The van der Waals surface area contributed by atoms with E-state index in [0.717, 1.165) is 0 Å². The van der Waals surface area contributed by atoms with E-state index in [1.807, 2.05) is 0 Å². The fourth-order valence-electron chi connectivity index (χ4n) is 1.05. The lowest BCUT2D eigenvalue weighted by atomic mass is 10.0. The van der Waals surface area contributed by atoms with Crippen LogP contribution in [0, 0.1) is 20.2 Å². The van der Waals surface area contributed by atoms with Gasteiger partial charge in [-0.1, -0.05) is 11.6 Å². The van der Waals surface area contributed by atoms with Crippen LogP contribution < -0.4 is 0 Å². The Morgan fingerprint density at radius 3 is 2.33 bits per heavy atom. The normalized spacial score (nSPS) is 26.1. The average molecular weight is 237 g/mol. The third-order valence-electron chi connectivity index (χ3n) is 1.76. The Morgan fingerprint density at radius 2 is 1.93 bits per heavy atom. The summed E-state index contributed by atoms with van der Waals surface area (Å²) < 4.78 is 0. The summed E-state index contributed by atoms with van der Waals surface area (Å²) in [5, 5.41) is 36.7. The predicted octanol–water partition coefficient (Wildman–Crippen LogP) is 0.524. The Balaban J connectivity index is 3.30. The monoisotopic (exact) mass is 236 g/mol. The van der Waals surface area contributed by atoms with Crippen LogP contribution in [-0.4, -0.2) is 25.1 Å². The number of rotatable bonds is 2. The quantitative estimate of drug-likeness (QED) is 0.409. The maximum atomic E-state index is 10.4. The molecule has 1 aliphatic carbocycles. The van der Waals surface area contributed by atoms with Gasteiger partial charge in [-0.2, -0.15) is 0 Å². The maximum absolute atomic E-state index is 10.4. The molecule has 0 spiro atoms. The summed E-state index contributed by atoms with van der Waals surface area (Å²) in [5.41, 5.74) is -1.62. The van der Waals surface area contributed by atoms with Crippen LogP contribution in [0.4, 0.5) is 0 Å². The van der Waals surface area contributed by atoms with Gasteiger partial charge in [0.2, 0.25) is 10.8 Å². The third-order valence-corrected chi connectivity index (χ3v) is 2.07. The fraction of sp³-hybridized carbons (Fsp3) is 0.333. The molecular weight excluding hydrogens is 232 g/mol. The van der Waals surface area contributed by atoms with Gasteiger partial charge in [-0.05, 0) is 0 Å². The van der Waals surface area contributed by atoms with Gasteiger partial charge in [0, 0.05) is 0 Å². The summed E-state index contributed by atoms with van der Waals surface area (Å²) in [6, 6.07) is 0. The van der Waals surface area contributed by atoms with E-state index < -0.39 is 38.5 Å². The van der Waals surface area contributed by atoms with Crippen LogP contribution in [0.15, 0.2) is 23.2 Å². The zero-order chi connectivity index (χ0) is 11.8. The summed E-state index contributed by atoms with van der Waals surface area (Å²) in [7, 11) is 0. The van der Waals surface area contributed by atoms with Crippen LogP contribution in [-0.2, 0) is 0 Å². The predicted molar refractivity (Wildman–Crippen MR) is 47.1 cm³/mol. The number of alkyl halides is 1. The largest absolute Gasteiger partial charge is 0.503 e. The third kappa shape index (κ3) is 2.05. The summed E-state index contributed by atoms with van der Waals surface area (Å²) >= 11 is 5.30. The van der Waals surface area contributed by atoms with Crippen LogP contribution in [0.5, 0.6) is 0 Å². The highest BCUT2D eigenvalue weighted by atomic mass is 35.5. The van der Waals surface area contributed by atoms with Crippen LogP contribution in [0.25, 0.3) is 0 Å². The Hall–Kier alpha value is -1.67. The van der Waals surface area contributed by atoms with Crippen molar-refractivity contribution in [3.8, 4) is 0 Å². The molecule has 0 aromatic heterocycles. The lowest BCUT2D eigenvalue weighted by Gasteiger charge is -2.20. The first-order valence-electron chi connectivity index (χ1n) is 3.60. The first kappa shape index (κ1) is 11.4. The molecule has 0 saturated carbocycles. The lowest BCUT2D eigenvalue weighted by Crippen LogP contribution is -2.31. The molecule has 8 nitrogen and oxygen atoms in total. The first-order chi connectivity index (χ1) is 6.75. The first-order valence-corrected chi connectivity index (χ1v) is 3.98. The van der Waals surface area contributed by atoms with Crippen LogP contribution in [0.1, 0.15) is 6.42 Å². The van der Waals surface area contributed by atoms with Crippen molar-refractivity contribution in [2.75, 3.05) is 0 Å². The molecule has 9 heteroatoms. The lowest BCUT2D eigenvalue weighted by molar-refractivity contribution is -0.442. The zero-order valence-corrected chi connectivity index (χ0v) is 7.84. The highest BCUT2D eigenvalue weighted by Gasteiger charge is 2.44. The minimum absolute atomic E-state index is 0.562. The number of nitro groups is 2. The van der Waals surface area contributed by atoms with Crippen molar-refractivity contribution in [1.29, 1.82) is 0 Å². The van der Waals surface area contributed by atoms with Gasteiger partial charge >= 0.3 is 5.70 Å². The summed E-state index contributed by atoms with van der Waals surface area (Å²) in [5.74, 6) is -1.10. The summed E-state index contributed by atoms with van der Waals surface area (Å²) in [6.07, 6.45) is -0.142. The highest BCUT2D eigenvalue weighted by molar-refractivity contribution is 6.24. The number of hydrogen-bond acceptors (Lipinski definition) is 6. The van der Waals surface area contributed by atoms with Gasteiger partial charge in [-0.15, -0.1) is 0 Å². The molecule has 1 unspecified atom stereocenters. The molecule has 0 saturated heterocycles. The van der Waals surface area contributed by atoms with E-state index in [1.165, 1.54) is 0 Å². The average Bonchev–Trinajstić information content (AvgIpc) is 2.08. The number of nitrogens with zero attached hydrogens (tertiary/aromatic N) is 2. The van der Waals surface area contributed by atoms with Crippen LogP contribution >= 0.6 is 11.6 Å². The summed E-state index contributed by atoms with van der Waals surface area (Å²) in [6.45, 7) is 0. The fourth-order valence-corrected chi connectivity index (χ4v) is 1.29. The molecule has 0 amide bonds. The summed E-state index contributed by atoms with van der Waals surface area (Å²) in [4.78, 5) is 18.8. The van der Waals surface area contributed by atoms with Gasteiger partial charge < -0.3 is 10.2 Å². The number of aliphatic hydroxyl groups excluding tert-OH is 1. The molecule has 1 aliphatic rings. The van der Waals surface area contributed by atoms with Gasteiger partial charge in [-0.25, -0.2) is 0 Å². The standard InChI is InChI=1S/C6H5ClN2O6/c7-6(11)2-3(8(12)13)1-4(5(6)10)9(14)15/h1,10-11H,2H2. The number of halogens is 1. The number of aliphatic hydroxyl groups is 2. The van der Waals surface area contributed by atoms with Crippen molar-refractivity contribution in [1.82, 2.24) is 0 Å². The van der Waals surface area contributed by atoms with Gasteiger partial charge in [0.15, 0.2) is 0 Å². The van der Waals surface area contributed by atoms with Crippen molar-refractivity contribution in [3.05, 3.63) is 43.5 Å². The molecular formula is C6H5ClN2O6. The number of hydrogen-bond donors (Lipinski definition) is 2. The van der Waals surface area contributed by atoms with Crippen LogP contribution in [0.3, 0.4) is 0 Å². The van der Waals surface area contributed by atoms with E-state index in [9.17, 15) is 25.3 Å². The number of allylic oxidation sites excluding steroid dienone is 1. The van der Waals surface area contributed by atoms with Crippen molar-refractivity contribution in [3.63, 3.8) is 0 Å². The molecule has 0 radical (unpaired) electrons. The Kier molecular flexibility index (Phi) is 2.65. The molecule has 15 heavy (non-hydrogen) atoms. The molecule has 0 aliphatic heterocycles. The Labute approximate surface area is 87.4 Å². The minimum Gasteiger partial charge on any atom is -0.503 e. The molecule has 0 aromatic carbocycles. The minimum atomic E-state index is -2.50. The van der Waals surface area contributed by atoms with Crippen molar-refractivity contribution < 1.29 is 20.1 Å². The molecule has 1 rings (SSSR count). The van der Waals surface area contributed by atoms with Gasteiger partial charge in [0.25, 0.3) is 5.70 Å². The highest BCUT2D eigenvalue weighted by Crippen LogP contribution is 2.35. The van der Waals surface area contributed by atoms with E-state index >= 15 is 0 Å². The molecule has 82 valence electrons. The molecule has 1 atom stereocenters. The Bertz CT molecular complexity index is 398. The second-order valence-electron chi connectivity index (χ2n) is 2.82.